The van der Waals surface area contributed by atoms with Crippen molar-refractivity contribution >= 4 is 44.1 Å². The number of nitrogens with zero attached hydrogens (tertiary/aromatic N) is 5. The van der Waals surface area contributed by atoms with Gasteiger partial charge in [0.05, 0.1) is 37.4 Å². The maximum absolute atomic E-state index is 13.2. The second-order valence-corrected chi connectivity index (χ2v) is 10.8. The fourth-order valence-corrected chi connectivity index (χ4v) is 5.13. The van der Waals surface area contributed by atoms with Gasteiger partial charge in [-0.1, -0.05) is 12.1 Å². The normalized spacial score (nSPS) is 14.0. The first-order chi connectivity index (χ1) is 18.2. The van der Waals surface area contributed by atoms with Gasteiger partial charge in [-0.15, -0.1) is 6.58 Å². The third-order valence-corrected chi connectivity index (χ3v) is 6.78. The van der Waals surface area contributed by atoms with Gasteiger partial charge in [-0.25, -0.2) is 22.8 Å². The van der Waals surface area contributed by atoms with Gasteiger partial charge in [-0.2, -0.15) is 4.98 Å². The Balaban J connectivity index is 1.53. The summed E-state index contributed by atoms with van der Waals surface area (Å²) in [4.78, 5) is 24.6. The molecular formula is C26H29N7O4S. The van der Waals surface area contributed by atoms with E-state index in [-0.39, 0.29) is 12.1 Å². The van der Waals surface area contributed by atoms with Crippen molar-refractivity contribution in [3.05, 3.63) is 77.2 Å². The van der Waals surface area contributed by atoms with Gasteiger partial charge in [-0.05, 0) is 48.9 Å². The Labute approximate surface area is 220 Å². The first-order valence-electron chi connectivity index (χ1n) is 12.1. The van der Waals surface area contributed by atoms with E-state index in [1.165, 1.54) is 10.9 Å². The molecule has 0 amide bonds. The quantitative estimate of drug-likeness (QED) is 0.330. The lowest BCUT2D eigenvalue weighted by Gasteiger charge is -2.30. The zero-order valence-electron chi connectivity index (χ0n) is 21.2. The number of fused-ring (bicyclic) bond motifs is 1. The summed E-state index contributed by atoms with van der Waals surface area (Å²) in [6, 6.07) is 12.8. The Bertz CT molecular complexity index is 1670. The predicted octanol–water partition coefficient (Wildman–Crippen LogP) is 3.03. The molecule has 1 aliphatic heterocycles. The molecule has 1 saturated heterocycles. The van der Waals surface area contributed by atoms with Crippen molar-refractivity contribution < 1.29 is 13.2 Å². The van der Waals surface area contributed by atoms with Crippen LogP contribution in [0.25, 0.3) is 16.7 Å². The number of sulfonamides is 1. The molecule has 12 heteroatoms. The number of aryl methyl sites for hydroxylation is 1. The molecule has 0 aliphatic carbocycles. The fraction of sp³-hybridized carbons (Fsp3) is 0.269. The number of hydrogen-bond donors (Lipinski definition) is 2. The smallest absolute Gasteiger partial charge is 0.278 e. The molecule has 0 radical (unpaired) electrons. The standard InChI is InChI=1S/C26H29N7O4S/c1-4-10-32-25(34)22-17-27-26(28-19-8-9-23(18(2)15-19)31-11-13-37-14-12-31)29-24(22)33(32)21-7-5-6-20(16-21)30-38(3,35)36/h4-9,15-17,30H,1,10-14H2,2-3H3,(H,27,28,29). The Morgan fingerprint density at radius 2 is 1.92 bits per heavy atom. The molecule has 2 N–H and O–H groups in total. The lowest BCUT2D eigenvalue weighted by atomic mass is 10.1. The molecule has 0 atom stereocenters. The number of rotatable bonds is 8. The maximum atomic E-state index is 13.2. The van der Waals surface area contributed by atoms with Crippen molar-refractivity contribution in [2.45, 2.75) is 13.5 Å². The zero-order chi connectivity index (χ0) is 26.9. The van der Waals surface area contributed by atoms with Gasteiger partial charge in [0.25, 0.3) is 5.56 Å². The average molecular weight is 536 g/mol. The molecule has 1 fully saturated rings. The second-order valence-electron chi connectivity index (χ2n) is 9.07. The monoisotopic (exact) mass is 535 g/mol. The van der Waals surface area contributed by atoms with Crippen LogP contribution in [-0.4, -0.2) is 60.3 Å². The molecule has 38 heavy (non-hydrogen) atoms. The zero-order valence-corrected chi connectivity index (χ0v) is 22.0. The molecule has 4 aromatic rings. The maximum Gasteiger partial charge on any atom is 0.278 e. The summed E-state index contributed by atoms with van der Waals surface area (Å²) in [5.74, 6) is 0.325. The number of hydrogen-bond acceptors (Lipinski definition) is 8. The first kappa shape index (κ1) is 25.5. The number of allylic oxidation sites excluding steroid dienone is 1. The third kappa shape index (κ3) is 5.27. The van der Waals surface area contributed by atoms with E-state index in [0.717, 1.165) is 36.3 Å². The number of anilines is 4. The highest BCUT2D eigenvalue weighted by atomic mass is 32.2. The fourth-order valence-electron chi connectivity index (χ4n) is 4.57. The molecule has 0 bridgehead atoms. The van der Waals surface area contributed by atoms with E-state index in [4.69, 9.17) is 4.74 Å². The van der Waals surface area contributed by atoms with Crippen LogP contribution in [0.1, 0.15) is 5.56 Å². The Kier molecular flexibility index (Phi) is 6.91. The highest BCUT2D eigenvalue weighted by Gasteiger charge is 2.18. The van der Waals surface area contributed by atoms with Crippen molar-refractivity contribution in [2.75, 3.05) is 47.5 Å². The van der Waals surface area contributed by atoms with Gasteiger partial charge in [0, 0.05) is 30.7 Å². The highest BCUT2D eigenvalue weighted by Crippen LogP contribution is 2.26. The van der Waals surface area contributed by atoms with Crippen LogP contribution in [0.3, 0.4) is 0 Å². The number of morpholine rings is 1. The molecule has 3 heterocycles. The van der Waals surface area contributed by atoms with Crippen LogP contribution >= 0.6 is 0 Å². The third-order valence-electron chi connectivity index (χ3n) is 6.18. The second kappa shape index (κ2) is 10.3. The molecule has 11 nitrogen and oxygen atoms in total. The summed E-state index contributed by atoms with van der Waals surface area (Å²) < 4.78 is 34.6. The van der Waals surface area contributed by atoms with Crippen LogP contribution in [0.4, 0.5) is 23.0 Å². The molecule has 2 aromatic heterocycles. The highest BCUT2D eigenvalue weighted by molar-refractivity contribution is 7.92. The van der Waals surface area contributed by atoms with E-state index >= 15 is 0 Å². The van der Waals surface area contributed by atoms with Crippen molar-refractivity contribution in [3.8, 4) is 5.69 Å². The molecule has 198 valence electrons. The number of aromatic nitrogens is 4. The summed E-state index contributed by atoms with van der Waals surface area (Å²) in [5.41, 5.74) is 4.12. The van der Waals surface area contributed by atoms with Gasteiger partial charge in [0.1, 0.15) is 5.39 Å². The number of ether oxygens (including phenoxy) is 1. The predicted molar refractivity (Wildman–Crippen MR) is 149 cm³/mol. The van der Waals surface area contributed by atoms with E-state index in [1.54, 1.807) is 35.0 Å². The van der Waals surface area contributed by atoms with Crippen LogP contribution in [0.2, 0.25) is 0 Å². The van der Waals surface area contributed by atoms with E-state index in [9.17, 15) is 13.2 Å². The topological polar surface area (TPSA) is 123 Å². The molecule has 0 saturated carbocycles. The number of benzene rings is 2. The Morgan fingerprint density at radius 1 is 1.13 bits per heavy atom. The first-order valence-corrected chi connectivity index (χ1v) is 14.0. The summed E-state index contributed by atoms with van der Waals surface area (Å²) in [6.45, 7) is 9.19. The van der Waals surface area contributed by atoms with Gasteiger partial charge in [0.2, 0.25) is 16.0 Å². The van der Waals surface area contributed by atoms with Crippen LogP contribution < -0.4 is 20.5 Å². The van der Waals surface area contributed by atoms with Gasteiger partial charge < -0.3 is 15.0 Å². The van der Waals surface area contributed by atoms with Crippen molar-refractivity contribution in [3.63, 3.8) is 0 Å². The summed E-state index contributed by atoms with van der Waals surface area (Å²) in [5, 5.41) is 3.58. The summed E-state index contributed by atoms with van der Waals surface area (Å²) >= 11 is 0. The largest absolute Gasteiger partial charge is 0.378 e. The Hall–Kier alpha value is -4.16. The molecule has 5 rings (SSSR count). The van der Waals surface area contributed by atoms with Crippen molar-refractivity contribution in [1.82, 2.24) is 19.3 Å². The lowest BCUT2D eigenvalue weighted by molar-refractivity contribution is 0.122. The minimum atomic E-state index is -3.48. The van der Waals surface area contributed by atoms with Crippen LogP contribution in [0.15, 0.2) is 66.1 Å². The molecule has 0 unspecified atom stereocenters. The van der Waals surface area contributed by atoms with Crippen LogP contribution in [0.5, 0.6) is 0 Å². The minimum Gasteiger partial charge on any atom is -0.378 e. The van der Waals surface area contributed by atoms with Crippen LogP contribution in [-0.2, 0) is 21.3 Å². The summed E-state index contributed by atoms with van der Waals surface area (Å²) in [6.07, 6.45) is 4.19. The van der Waals surface area contributed by atoms with Gasteiger partial charge >= 0.3 is 0 Å². The summed E-state index contributed by atoms with van der Waals surface area (Å²) in [7, 11) is -3.48. The van der Waals surface area contributed by atoms with Crippen molar-refractivity contribution in [2.24, 2.45) is 0 Å². The molecule has 2 aromatic carbocycles. The molecule has 1 aliphatic rings. The average Bonchev–Trinajstić information content (AvgIpc) is 3.15. The minimum absolute atomic E-state index is 0.226. The van der Waals surface area contributed by atoms with E-state index in [2.05, 4.69) is 44.5 Å². The van der Waals surface area contributed by atoms with E-state index in [1.807, 2.05) is 12.1 Å². The van der Waals surface area contributed by atoms with Gasteiger partial charge in [0.15, 0.2) is 5.65 Å². The van der Waals surface area contributed by atoms with Crippen molar-refractivity contribution in [1.29, 1.82) is 0 Å². The molecular weight excluding hydrogens is 506 g/mol. The lowest BCUT2D eigenvalue weighted by Crippen LogP contribution is -2.36. The van der Waals surface area contributed by atoms with E-state index < -0.39 is 10.0 Å². The SMILES string of the molecule is C=CCn1c(=O)c2cnc(Nc3ccc(N4CCOCC4)c(C)c3)nc2n1-c1cccc(NS(C)(=O)=O)c1. The number of nitrogens with one attached hydrogen (secondary N) is 2. The molecule has 0 spiro atoms. The Morgan fingerprint density at radius 3 is 2.63 bits per heavy atom. The van der Waals surface area contributed by atoms with E-state index in [0.29, 0.717) is 41.6 Å². The van der Waals surface area contributed by atoms with Gasteiger partial charge in [-0.3, -0.25) is 9.52 Å². The van der Waals surface area contributed by atoms with Crippen LogP contribution in [0, 0.1) is 6.92 Å².